The predicted molar refractivity (Wildman–Crippen MR) is 127 cm³/mol. The third kappa shape index (κ3) is 11.4. The summed E-state index contributed by atoms with van der Waals surface area (Å²) in [5.41, 5.74) is 0. The number of hydrogen-bond donors (Lipinski definition) is 2. The Morgan fingerprint density at radius 1 is 0.724 bits per heavy atom. The molecule has 0 aliphatic carbocycles. The maximum Gasteiger partial charge on any atom is 0.500 e. The molecule has 0 spiro atoms. The van der Waals surface area contributed by atoms with E-state index in [4.69, 9.17) is 13.3 Å². The molecule has 7 nitrogen and oxygen atoms in total. The van der Waals surface area contributed by atoms with E-state index in [1.807, 2.05) is 20.8 Å². The number of nitrogens with zero attached hydrogens (tertiary/aromatic N) is 2. The normalized spacial score (nSPS) is 19.7. The van der Waals surface area contributed by atoms with Gasteiger partial charge in [-0.2, -0.15) is 0 Å². The zero-order valence-corrected chi connectivity index (χ0v) is 22.0. The second-order valence-electron chi connectivity index (χ2n) is 8.59. The Kier molecular flexibility index (Phi) is 14.1. The van der Waals surface area contributed by atoms with E-state index in [0.29, 0.717) is 19.8 Å². The van der Waals surface area contributed by atoms with Crippen LogP contribution in [0.3, 0.4) is 0 Å². The summed E-state index contributed by atoms with van der Waals surface area (Å²) < 4.78 is 20.5. The summed E-state index contributed by atoms with van der Waals surface area (Å²) in [7, 11) is -3.58. The SMILES string of the molecule is C1CNCCN1.CCO[Si](CCCN1CCN([Si](C)(C)C)CC1)(OCC)OCC. The van der Waals surface area contributed by atoms with Crippen LogP contribution in [-0.4, -0.2) is 105 Å². The van der Waals surface area contributed by atoms with Crippen LogP contribution in [0.5, 0.6) is 0 Å². The van der Waals surface area contributed by atoms with Crippen LogP contribution in [0.2, 0.25) is 25.7 Å². The molecular weight excluding hydrogens is 400 g/mol. The second-order valence-corrected chi connectivity index (χ2v) is 16.3. The minimum Gasteiger partial charge on any atom is -0.374 e. The number of rotatable bonds is 11. The van der Waals surface area contributed by atoms with Crippen LogP contribution in [0, 0.1) is 0 Å². The van der Waals surface area contributed by atoms with Crippen molar-refractivity contribution in [3.63, 3.8) is 0 Å². The van der Waals surface area contributed by atoms with E-state index in [1.54, 1.807) is 0 Å². The van der Waals surface area contributed by atoms with Gasteiger partial charge in [-0.25, -0.2) is 0 Å². The summed E-state index contributed by atoms with van der Waals surface area (Å²) in [5, 5.41) is 6.44. The highest BCUT2D eigenvalue weighted by molar-refractivity contribution is 6.73. The predicted octanol–water partition coefficient (Wildman–Crippen LogP) is 2.06. The van der Waals surface area contributed by atoms with Gasteiger partial charge in [0.25, 0.3) is 0 Å². The highest BCUT2D eigenvalue weighted by atomic mass is 28.4. The molecule has 0 saturated carbocycles. The van der Waals surface area contributed by atoms with Crippen LogP contribution >= 0.6 is 0 Å². The van der Waals surface area contributed by atoms with Crippen molar-refractivity contribution < 1.29 is 13.3 Å². The first-order chi connectivity index (χ1) is 13.9. The lowest BCUT2D eigenvalue weighted by Gasteiger charge is -2.41. The molecule has 2 N–H and O–H groups in total. The molecule has 2 aliphatic heterocycles. The number of nitrogens with one attached hydrogen (secondary N) is 2. The zero-order chi connectivity index (χ0) is 21.6. The van der Waals surface area contributed by atoms with E-state index in [1.165, 1.54) is 26.2 Å². The Hall–Kier alpha value is 0.154. The topological polar surface area (TPSA) is 58.2 Å². The van der Waals surface area contributed by atoms with E-state index in [0.717, 1.165) is 45.2 Å². The van der Waals surface area contributed by atoms with Gasteiger partial charge in [-0.1, -0.05) is 19.6 Å². The molecular formula is C20H48N4O3Si2. The van der Waals surface area contributed by atoms with Crippen LogP contribution in [0.25, 0.3) is 0 Å². The Morgan fingerprint density at radius 3 is 1.52 bits per heavy atom. The molecule has 29 heavy (non-hydrogen) atoms. The lowest BCUT2D eigenvalue weighted by molar-refractivity contribution is 0.0694. The van der Waals surface area contributed by atoms with Crippen molar-refractivity contribution in [2.45, 2.75) is 52.9 Å². The third-order valence-corrected chi connectivity index (χ3v) is 10.8. The first-order valence-electron chi connectivity index (χ1n) is 11.7. The average molecular weight is 449 g/mol. The van der Waals surface area contributed by atoms with Gasteiger partial charge >= 0.3 is 8.80 Å². The molecule has 0 atom stereocenters. The average Bonchev–Trinajstić information content (AvgIpc) is 2.70. The molecule has 174 valence electrons. The molecule has 0 aromatic rings. The molecule has 2 rings (SSSR count). The summed E-state index contributed by atoms with van der Waals surface area (Å²) in [6, 6.07) is 0.927. The van der Waals surface area contributed by atoms with Crippen LogP contribution in [0.1, 0.15) is 27.2 Å². The molecule has 2 saturated heterocycles. The maximum atomic E-state index is 5.93. The maximum absolute atomic E-state index is 5.93. The lowest BCUT2D eigenvalue weighted by atomic mass is 10.3. The van der Waals surface area contributed by atoms with Crippen molar-refractivity contribution in [2.75, 3.05) is 78.7 Å². The van der Waals surface area contributed by atoms with Crippen molar-refractivity contribution in [1.29, 1.82) is 0 Å². The van der Waals surface area contributed by atoms with Crippen molar-refractivity contribution >= 4 is 17.0 Å². The van der Waals surface area contributed by atoms with Crippen molar-refractivity contribution in [1.82, 2.24) is 20.1 Å². The monoisotopic (exact) mass is 448 g/mol. The fourth-order valence-electron chi connectivity index (χ4n) is 3.77. The third-order valence-electron chi connectivity index (χ3n) is 5.33. The quantitative estimate of drug-likeness (QED) is 0.469. The first kappa shape index (κ1) is 27.2. The van der Waals surface area contributed by atoms with Gasteiger partial charge in [-0.3, -0.25) is 0 Å². The molecule has 0 aromatic heterocycles. The van der Waals surface area contributed by atoms with Crippen molar-refractivity contribution in [3.8, 4) is 0 Å². The molecule has 2 heterocycles. The van der Waals surface area contributed by atoms with E-state index in [2.05, 4.69) is 39.7 Å². The highest BCUT2D eigenvalue weighted by Crippen LogP contribution is 2.19. The molecule has 0 unspecified atom stereocenters. The fraction of sp³-hybridized carbons (Fsp3) is 1.00. The Balaban J connectivity index is 0.000000594. The van der Waals surface area contributed by atoms with Crippen LogP contribution in [0.15, 0.2) is 0 Å². The van der Waals surface area contributed by atoms with Gasteiger partial charge in [0.05, 0.1) is 0 Å². The van der Waals surface area contributed by atoms with Crippen molar-refractivity contribution in [2.24, 2.45) is 0 Å². The largest absolute Gasteiger partial charge is 0.500 e. The number of hydrogen-bond acceptors (Lipinski definition) is 7. The summed E-state index contributed by atoms with van der Waals surface area (Å²) >= 11 is 0. The zero-order valence-electron chi connectivity index (χ0n) is 20.0. The van der Waals surface area contributed by atoms with Gasteiger partial charge in [0.2, 0.25) is 0 Å². The van der Waals surface area contributed by atoms with Crippen LogP contribution in [-0.2, 0) is 13.3 Å². The van der Waals surface area contributed by atoms with Crippen LogP contribution < -0.4 is 10.6 Å². The van der Waals surface area contributed by atoms with E-state index in [-0.39, 0.29) is 0 Å². The Labute approximate surface area is 182 Å². The van der Waals surface area contributed by atoms with Gasteiger partial charge in [-0.05, 0) is 33.7 Å². The van der Waals surface area contributed by atoms with Gasteiger partial charge in [0, 0.05) is 78.2 Å². The molecule has 0 amide bonds. The molecule has 2 aliphatic rings. The number of piperazine rings is 2. The molecule has 0 aromatic carbocycles. The molecule has 0 radical (unpaired) electrons. The standard InChI is InChI=1S/C16H38N2O3Si2.C4H10N2/c1-7-19-23(20-8-2,21-9-3)16-10-11-17-12-14-18(15-13-17)22(4,5)6;1-2-6-4-3-5-1/h7-16H2,1-6H3;5-6H,1-4H2. The highest BCUT2D eigenvalue weighted by Gasteiger charge is 2.39. The second kappa shape index (κ2) is 15.0. The molecule has 2 fully saturated rings. The van der Waals surface area contributed by atoms with Gasteiger partial charge in [-0.15, -0.1) is 0 Å². The van der Waals surface area contributed by atoms with Crippen molar-refractivity contribution in [3.05, 3.63) is 0 Å². The summed E-state index contributed by atoms with van der Waals surface area (Å²) in [6.07, 6.45) is 1.10. The Morgan fingerprint density at radius 2 is 1.17 bits per heavy atom. The van der Waals surface area contributed by atoms with Gasteiger partial charge < -0.3 is 33.4 Å². The lowest BCUT2D eigenvalue weighted by Crippen LogP contribution is -2.56. The smallest absolute Gasteiger partial charge is 0.374 e. The summed E-state index contributed by atoms with van der Waals surface area (Å²) in [6.45, 7) is 25.9. The van der Waals surface area contributed by atoms with Gasteiger partial charge in [0.15, 0.2) is 0 Å². The minimum absolute atomic E-state index is 0.668. The van der Waals surface area contributed by atoms with E-state index >= 15 is 0 Å². The minimum atomic E-state index is -2.45. The Bertz CT molecular complexity index is 373. The first-order valence-corrected chi connectivity index (χ1v) is 17.1. The summed E-state index contributed by atoms with van der Waals surface area (Å²) in [5.74, 6) is 0. The van der Waals surface area contributed by atoms with E-state index < -0.39 is 17.0 Å². The van der Waals surface area contributed by atoms with Crippen LogP contribution in [0.4, 0.5) is 0 Å². The fourth-order valence-corrected chi connectivity index (χ4v) is 7.90. The molecule has 9 heteroatoms. The summed E-state index contributed by atoms with van der Waals surface area (Å²) in [4.78, 5) is 2.58. The van der Waals surface area contributed by atoms with E-state index in [9.17, 15) is 0 Å². The van der Waals surface area contributed by atoms with Gasteiger partial charge in [0.1, 0.15) is 8.24 Å². The molecule has 0 bridgehead atoms.